The van der Waals surface area contributed by atoms with Crippen molar-refractivity contribution in [3.63, 3.8) is 0 Å². The summed E-state index contributed by atoms with van der Waals surface area (Å²) in [6.45, 7) is 0. The number of carboxylic acid groups (broad SMARTS) is 1. The molecule has 1 aliphatic rings. The molecule has 0 spiro atoms. The van der Waals surface area contributed by atoms with Crippen LogP contribution in [0.5, 0.6) is 0 Å². The Labute approximate surface area is 86.5 Å². The SMILES string of the molecule is NC1CCC(O)(c2ccc(C(=O)O)o2)C1. The second-order valence-corrected chi connectivity index (χ2v) is 4.00. The highest BCUT2D eigenvalue weighted by molar-refractivity contribution is 5.84. The van der Waals surface area contributed by atoms with E-state index in [0.717, 1.165) is 6.42 Å². The molecule has 4 N–H and O–H groups in total. The van der Waals surface area contributed by atoms with Gasteiger partial charge in [-0.25, -0.2) is 4.79 Å². The van der Waals surface area contributed by atoms with E-state index >= 15 is 0 Å². The van der Waals surface area contributed by atoms with Gasteiger partial charge in [-0.3, -0.25) is 0 Å². The number of hydrogen-bond donors (Lipinski definition) is 3. The maximum atomic E-state index is 10.6. The van der Waals surface area contributed by atoms with E-state index < -0.39 is 11.6 Å². The van der Waals surface area contributed by atoms with Crippen LogP contribution >= 0.6 is 0 Å². The predicted molar refractivity (Wildman–Crippen MR) is 51.4 cm³/mol. The third-order valence-corrected chi connectivity index (χ3v) is 2.80. The quantitative estimate of drug-likeness (QED) is 0.668. The molecule has 1 saturated carbocycles. The van der Waals surface area contributed by atoms with E-state index in [0.29, 0.717) is 18.6 Å². The maximum Gasteiger partial charge on any atom is 0.371 e. The van der Waals surface area contributed by atoms with Crippen LogP contribution in [0.25, 0.3) is 0 Å². The summed E-state index contributed by atoms with van der Waals surface area (Å²) in [6, 6.07) is 2.80. The molecular weight excluding hydrogens is 198 g/mol. The van der Waals surface area contributed by atoms with Crippen LogP contribution in [0.15, 0.2) is 16.5 Å². The first kappa shape index (κ1) is 10.2. The molecule has 2 atom stereocenters. The van der Waals surface area contributed by atoms with Gasteiger partial charge in [0.1, 0.15) is 11.4 Å². The summed E-state index contributed by atoms with van der Waals surface area (Å²) < 4.78 is 5.08. The van der Waals surface area contributed by atoms with E-state index in [1.807, 2.05) is 0 Å². The minimum Gasteiger partial charge on any atom is -0.475 e. The number of carboxylic acids is 1. The van der Waals surface area contributed by atoms with Crippen LogP contribution < -0.4 is 5.73 Å². The van der Waals surface area contributed by atoms with Crippen LogP contribution in [0.3, 0.4) is 0 Å². The molecule has 15 heavy (non-hydrogen) atoms. The molecule has 0 aliphatic heterocycles. The molecule has 0 radical (unpaired) electrons. The standard InChI is InChI=1S/C10H13NO4/c11-6-3-4-10(14,5-6)8-2-1-7(15-8)9(12)13/h1-2,6,14H,3-5,11H2,(H,12,13). The summed E-state index contributed by atoms with van der Waals surface area (Å²) in [4.78, 5) is 10.6. The third-order valence-electron chi connectivity index (χ3n) is 2.80. The van der Waals surface area contributed by atoms with Gasteiger partial charge in [-0.1, -0.05) is 0 Å². The number of hydrogen-bond acceptors (Lipinski definition) is 4. The first-order chi connectivity index (χ1) is 7.01. The van der Waals surface area contributed by atoms with Crippen LogP contribution in [0, 0.1) is 0 Å². The fourth-order valence-corrected chi connectivity index (χ4v) is 1.99. The van der Waals surface area contributed by atoms with Gasteiger partial charge in [0.15, 0.2) is 0 Å². The number of aliphatic hydroxyl groups is 1. The molecule has 0 bridgehead atoms. The van der Waals surface area contributed by atoms with Crippen molar-refractivity contribution in [1.82, 2.24) is 0 Å². The van der Waals surface area contributed by atoms with Crippen molar-refractivity contribution < 1.29 is 19.4 Å². The Morgan fingerprint density at radius 2 is 2.33 bits per heavy atom. The number of furan rings is 1. The Morgan fingerprint density at radius 3 is 2.80 bits per heavy atom. The van der Waals surface area contributed by atoms with Gasteiger partial charge in [0.05, 0.1) is 0 Å². The van der Waals surface area contributed by atoms with E-state index in [1.54, 1.807) is 0 Å². The van der Waals surface area contributed by atoms with E-state index in [1.165, 1.54) is 12.1 Å². The maximum absolute atomic E-state index is 10.6. The summed E-state index contributed by atoms with van der Waals surface area (Å²) in [5, 5.41) is 18.8. The number of rotatable bonds is 2. The average molecular weight is 211 g/mol. The van der Waals surface area contributed by atoms with Gasteiger partial charge in [0.25, 0.3) is 0 Å². The molecule has 1 aromatic heterocycles. The number of carbonyl (C=O) groups is 1. The Balaban J connectivity index is 2.25. The minimum atomic E-state index is -1.13. The normalized spacial score (nSPS) is 30.7. The molecule has 0 saturated heterocycles. The molecule has 0 amide bonds. The molecule has 2 unspecified atom stereocenters. The van der Waals surface area contributed by atoms with Gasteiger partial charge in [0.2, 0.25) is 5.76 Å². The molecule has 2 rings (SSSR count). The number of nitrogens with two attached hydrogens (primary N) is 1. The molecular formula is C10H13NO4. The van der Waals surface area contributed by atoms with Gasteiger partial charge in [-0.05, 0) is 31.4 Å². The summed E-state index contributed by atoms with van der Waals surface area (Å²) in [5.41, 5.74) is 4.61. The first-order valence-corrected chi connectivity index (χ1v) is 4.83. The Hall–Kier alpha value is -1.33. The van der Waals surface area contributed by atoms with Crippen molar-refractivity contribution in [2.75, 3.05) is 0 Å². The molecule has 1 aromatic rings. The second-order valence-electron chi connectivity index (χ2n) is 4.00. The predicted octanol–water partition coefficient (Wildman–Crippen LogP) is 0.677. The molecule has 1 heterocycles. The zero-order valence-electron chi connectivity index (χ0n) is 8.14. The van der Waals surface area contributed by atoms with Crippen molar-refractivity contribution in [2.24, 2.45) is 5.73 Å². The van der Waals surface area contributed by atoms with E-state index in [2.05, 4.69) is 0 Å². The lowest BCUT2D eigenvalue weighted by Gasteiger charge is -2.19. The monoisotopic (exact) mass is 211 g/mol. The summed E-state index contributed by atoms with van der Waals surface area (Å²) >= 11 is 0. The van der Waals surface area contributed by atoms with Crippen LogP contribution in [0.2, 0.25) is 0 Å². The van der Waals surface area contributed by atoms with Gasteiger partial charge < -0.3 is 20.4 Å². The van der Waals surface area contributed by atoms with Crippen molar-refractivity contribution in [1.29, 1.82) is 0 Å². The zero-order chi connectivity index (χ0) is 11.1. The van der Waals surface area contributed by atoms with E-state index in [-0.39, 0.29) is 11.8 Å². The van der Waals surface area contributed by atoms with Gasteiger partial charge in [-0.15, -0.1) is 0 Å². The Morgan fingerprint density at radius 1 is 1.60 bits per heavy atom. The lowest BCUT2D eigenvalue weighted by atomic mass is 9.99. The van der Waals surface area contributed by atoms with Gasteiger partial charge in [0, 0.05) is 6.04 Å². The van der Waals surface area contributed by atoms with E-state index in [4.69, 9.17) is 15.3 Å². The van der Waals surface area contributed by atoms with Gasteiger partial charge >= 0.3 is 5.97 Å². The molecule has 0 aromatic carbocycles. The smallest absolute Gasteiger partial charge is 0.371 e. The fraction of sp³-hybridized carbons (Fsp3) is 0.500. The molecule has 5 nitrogen and oxygen atoms in total. The largest absolute Gasteiger partial charge is 0.475 e. The van der Waals surface area contributed by atoms with Crippen molar-refractivity contribution >= 4 is 5.97 Å². The average Bonchev–Trinajstić information content (AvgIpc) is 2.73. The van der Waals surface area contributed by atoms with Gasteiger partial charge in [-0.2, -0.15) is 0 Å². The Bertz CT molecular complexity index is 387. The van der Waals surface area contributed by atoms with Crippen molar-refractivity contribution in [2.45, 2.75) is 30.9 Å². The summed E-state index contributed by atoms with van der Waals surface area (Å²) in [5.74, 6) is -0.987. The topological polar surface area (TPSA) is 96.7 Å². The second kappa shape index (κ2) is 3.36. The third kappa shape index (κ3) is 1.75. The van der Waals surface area contributed by atoms with E-state index in [9.17, 15) is 9.90 Å². The van der Waals surface area contributed by atoms with Crippen LogP contribution in [0.1, 0.15) is 35.6 Å². The molecule has 82 valence electrons. The molecule has 1 aliphatic carbocycles. The lowest BCUT2D eigenvalue weighted by Crippen LogP contribution is -2.24. The molecule has 1 fully saturated rings. The minimum absolute atomic E-state index is 0.0478. The lowest BCUT2D eigenvalue weighted by molar-refractivity contribution is 0.0188. The Kier molecular flexibility index (Phi) is 2.28. The van der Waals surface area contributed by atoms with Crippen LogP contribution in [-0.2, 0) is 5.60 Å². The highest BCUT2D eigenvalue weighted by Gasteiger charge is 2.40. The van der Waals surface area contributed by atoms with Crippen molar-refractivity contribution in [3.8, 4) is 0 Å². The zero-order valence-corrected chi connectivity index (χ0v) is 8.14. The van der Waals surface area contributed by atoms with Crippen molar-refractivity contribution in [3.05, 3.63) is 23.7 Å². The summed E-state index contributed by atoms with van der Waals surface area (Å²) in [7, 11) is 0. The fourth-order valence-electron chi connectivity index (χ4n) is 1.99. The van der Waals surface area contributed by atoms with Crippen LogP contribution in [0.4, 0.5) is 0 Å². The summed E-state index contributed by atoms with van der Waals surface area (Å²) in [6.07, 6.45) is 1.65. The number of aromatic carboxylic acids is 1. The highest BCUT2D eigenvalue weighted by Crippen LogP contribution is 2.38. The van der Waals surface area contributed by atoms with Crippen LogP contribution in [-0.4, -0.2) is 22.2 Å². The first-order valence-electron chi connectivity index (χ1n) is 4.83. The highest BCUT2D eigenvalue weighted by atomic mass is 16.4. The molecule has 5 heteroatoms.